The van der Waals surface area contributed by atoms with Gasteiger partial charge in [-0.1, -0.05) is 26.0 Å². The minimum atomic E-state index is -0.433. The zero-order valence-electron chi connectivity index (χ0n) is 14.9. The molecule has 0 saturated carbocycles. The van der Waals surface area contributed by atoms with Gasteiger partial charge in [0, 0.05) is 42.7 Å². The standard InChI is InChI=1S/C16H14N4O4.C2H6/c1-24-15(21)9-12-10-18-14(19-7-6-17-16(12)19)8-11-2-4-13(5-3-11)20(22)23;1-2/h2-7,10H,8-9H2,1H3;1-2H3. The molecule has 8 nitrogen and oxygen atoms in total. The molecule has 2 heterocycles. The van der Waals surface area contributed by atoms with Crippen LogP contribution >= 0.6 is 0 Å². The first kappa shape index (κ1) is 19.0. The van der Waals surface area contributed by atoms with Crippen molar-refractivity contribution in [3.8, 4) is 0 Å². The Morgan fingerprint density at radius 2 is 1.92 bits per heavy atom. The fraction of sp³-hybridized carbons (Fsp3) is 0.278. The summed E-state index contributed by atoms with van der Waals surface area (Å²) < 4.78 is 6.48. The molecule has 0 unspecified atom stereocenters. The van der Waals surface area contributed by atoms with Crippen molar-refractivity contribution in [2.45, 2.75) is 26.7 Å². The number of esters is 1. The molecule has 136 valence electrons. The van der Waals surface area contributed by atoms with E-state index in [0.717, 1.165) is 11.4 Å². The Morgan fingerprint density at radius 3 is 2.54 bits per heavy atom. The van der Waals surface area contributed by atoms with Crippen LogP contribution in [0.25, 0.3) is 5.65 Å². The van der Waals surface area contributed by atoms with E-state index in [-0.39, 0.29) is 18.1 Å². The summed E-state index contributed by atoms with van der Waals surface area (Å²) in [4.78, 5) is 30.4. The fourth-order valence-corrected chi connectivity index (χ4v) is 2.42. The molecule has 0 saturated heterocycles. The number of carbonyl (C=O) groups excluding carboxylic acids is 1. The van der Waals surface area contributed by atoms with E-state index >= 15 is 0 Å². The summed E-state index contributed by atoms with van der Waals surface area (Å²) in [5, 5.41) is 10.7. The monoisotopic (exact) mass is 356 g/mol. The van der Waals surface area contributed by atoms with E-state index in [1.54, 1.807) is 35.1 Å². The van der Waals surface area contributed by atoms with Crippen molar-refractivity contribution in [2.75, 3.05) is 7.11 Å². The van der Waals surface area contributed by atoms with Gasteiger partial charge in [0.25, 0.3) is 5.69 Å². The lowest BCUT2D eigenvalue weighted by molar-refractivity contribution is -0.384. The summed E-state index contributed by atoms with van der Waals surface area (Å²) >= 11 is 0. The van der Waals surface area contributed by atoms with Gasteiger partial charge in [0.1, 0.15) is 11.5 Å². The molecular formula is C18H20N4O4. The molecule has 0 fully saturated rings. The van der Waals surface area contributed by atoms with Crippen LogP contribution in [-0.4, -0.2) is 32.4 Å². The smallest absolute Gasteiger partial charge is 0.310 e. The van der Waals surface area contributed by atoms with Gasteiger partial charge in [-0.05, 0) is 5.56 Å². The molecule has 0 N–H and O–H groups in total. The number of nitro benzene ring substituents is 1. The SMILES string of the molecule is CC.COC(=O)Cc1cnc(Cc2ccc([N+](=O)[O-])cc2)n2ccnc12. The third kappa shape index (κ3) is 4.21. The number of nitrogens with zero attached hydrogens (tertiary/aromatic N) is 4. The van der Waals surface area contributed by atoms with Crippen molar-refractivity contribution < 1.29 is 14.5 Å². The number of carbonyl (C=O) groups is 1. The highest BCUT2D eigenvalue weighted by molar-refractivity contribution is 5.74. The first-order valence-electron chi connectivity index (χ1n) is 8.18. The normalized spacial score (nSPS) is 10.1. The van der Waals surface area contributed by atoms with Gasteiger partial charge in [-0.2, -0.15) is 0 Å². The molecule has 0 spiro atoms. The van der Waals surface area contributed by atoms with E-state index in [1.165, 1.54) is 19.2 Å². The van der Waals surface area contributed by atoms with Gasteiger partial charge in [0.05, 0.1) is 18.5 Å². The summed E-state index contributed by atoms with van der Waals surface area (Å²) in [6.45, 7) is 4.00. The molecular weight excluding hydrogens is 336 g/mol. The van der Waals surface area contributed by atoms with E-state index < -0.39 is 4.92 Å². The van der Waals surface area contributed by atoms with Crippen molar-refractivity contribution >= 4 is 17.3 Å². The molecule has 0 amide bonds. The van der Waals surface area contributed by atoms with Gasteiger partial charge in [-0.25, -0.2) is 9.97 Å². The van der Waals surface area contributed by atoms with Gasteiger partial charge < -0.3 is 4.74 Å². The Hall–Kier alpha value is -3.29. The molecule has 8 heteroatoms. The molecule has 0 radical (unpaired) electrons. The number of benzene rings is 1. The number of ether oxygens (including phenoxy) is 1. The first-order chi connectivity index (χ1) is 12.6. The quantitative estimate of drug-likeness (QED) is 0.396. The molecule has 0 bridgehead atoms. The fourth-order valence-electron chi connectivity index (χ4n) is 2.42. The molecule has 0 aliphatic carbocycles. The van der Waals surface area contributed by atoms with Crippen LogP contribution in [0.5, 0.6) is 0 Å². The Labute approximate surface area is 150 Å². The number of hydrogen-bond acceptors (Lipinski definition) is 6. The number of methoxy groups -OCH3 is 1. The molecule has 3 rings (SSSR count). The second-order valence-electron chi connectivity index (χ2n) is 5.17. The number of aromatic nitrogens is 3. The van der Waals surface area contributed by atoms with E-state index in [4.69, 9.17) is 0 Å². The highest BCUT2D eigenvalue weighted by atomic mass is 16.6. The van der Waals surface area contributed by atoms with Crippen LogP contribution in [0.3, 0.4) is 0 Å². The largest absolute Gasteiger partial charge is 0.469 e. The number of non-ortho nitro benzene ring substituents is 1. The van der Waals surface area contributed by atoms with Gasteiger partial charge in [0.2, 0.25) is 0 Å². The molecule has 26 heavy (non-hydrogen) atoms. The maximum absolute atomic E-state index is 11.5. The Kier molecular flexibility index (Phi) is 6.37. The minimum Gasteiger partial charge on any atom is -0.469 e. The third-order valence-corrected chi connectivity index (χ3v) is 3.65. The Morgan fingerprint density at radius 1 is 1.23 bits per heavy atom. The van der Waals surface area contributed by atoms with Crippen LogP contribution in [0.2, 0.25) is 0 Å². The lowest BCUT2D eigenvalue weighted by Gasteiger charge is -2.08. The van der Waals surface area contributed by atoms with Gasteiger partial charge >= 0.3 is 5.97 Å². The van der Waals surface area contributed by atoms with Crippen molar-refractivity contribution in [3.63, 3.8) is 0 Å². The minimum absolute atomic E-state index is 0.0490. The van der Waals surface area contributed by atoms with E-state index in [0.29, 0.717) is 17.6 Å². The molecule has 0 aliphatic rings. The molecule has 1 aromatic carbocycles. The topological polar surface area (TPSA) is 99.6 Å². The number of imidazole rings is 1. The number of fused-ring (bicyclic) bond motifs is 1. The lowest BCUT2D eigenvalue weighted by atomic mass is 10.1. The van der Waals surface area contributed by atoms with Gasteiger partial charge in [-0.3, -0.25) is 19.3 Å². The summed E-state index contributed by atoms with van der Waals surface area (Å²) in [5.74, 6) is 0.370. The zero-order valence-corrected chi connectivity index (χ0v) is 14.9. The van der Waals surface area contributed by atoms with Crippen molar-refractivity contribution in [3.05, 3.63) is 69.9 Å². The van der Waals surface area contributed by atoms with Crippen LogP contribution in [0, 0.1) is 10.1 Å². The van der Waals surface area contributed by atoms with E-state index in [2.05, 4.69) is 14.7 Å². The van der Waals surface area contributed by atoms with Crippen LogP contribution in [0.15, 0.2) is 42.9 Å². The van der Waals surface area contributed by atoms with Crippen molar-refractivity contribution in [1.29, 1.82) is 0 Å². The lowest BCUT2D eigenvalue weighted by Crippen LogP contribution is -2.09. The molecule has 0 atom stereocenters. The summed E-state index contributed by atoms with van der Waals surface area (Å²) in [5.41, 5.74) is 2.27. The molecule has 0 aliphatic heterocycles. The summed E-state index contributed by atoms with van der Waals surface area (Å²) in [6.07, 6.45) is 5.60. The second kappa shape index (κ2) is 8.70. The van der Waals surface area contributed by atoms with Crippen LogP contribution in [0.1, 0.15) is 30.8 Å². The maximum Gasteiger partial charge on any atom is 0.310 e. The van der Waals surface area contributed by atoms with E-state index in [1.807, 2.05) is 13.8 Å². The van der Waals surface area contributed by atoms with Crippen molar-refractivity contribution in [2.24, 2.45) is 0 Å². The highest BCUT2D eigenvalue weighted by Crippen LogP contribution is 2.17. The predicted molar refractivity (Wildman–Crippen MR) is 96.0 cm³/mol. The van der Waals surface area contributed by atoms with E-state index in [9.17, 15) is 14.9 Å². The number of hydrogen-bond donors (Lipinski definition) is 0. The molecule has 3 aromatic rings. The summed E-state index contributed by atoms with van der Waals surface area (Å²) in [7, 11) is 1.33. The maximum atomic E-state index is 11.5. The van der Waals surface area contributed by atoms with Crippen LogP contribution < -0.4 is 0 Å². The van der Waals surface area contributed by atoms with Crippen molar-refractivity contribution in [1.82, 2.24) is 14.4 Å². The predicted octanol–water partition coefficient (Wildman–Crippen LogP) is 2.97. The van der Waals surface area contributed by atoms with Crippen LogP contribution in [-0.2, 0) is 22.4 Å². The highest BCUT2D eigenvalue weighted by Gasteiger charge is 2.13. The third-order valence-electron chi connectivity index (χ3n) is 3.65. The average molecular weight is 356 g/mol. The van der Waals surface area contributed by atoms with Gasteiger partial charge in [0.15, 0.2) is 0 Å². The average Bonchev–Trinajstić information content (AvgIpc) is 3.16. The van der Waals surface area contributed by atoms with Gasteiger partial charge in [-0.15, -0.1) is 0 Å². The van der Waals surface area contributed by atoms with Crippen LogP contribution in [0.4, 0.5) is 5.69 Å². The number of nitro groups is 1. The Balaban J connectivity index is 0.00000117. The second-order valence-corrected chi connectivity index (χ2v) is 5.17. The number of rotatable bonds is 5. The zero-order chi connectivity index (χ0) is 19.1. The molecule has 2 aromatic heterocycles. The first-order valence-corrected chi connectivity index (χ1v) is 8.18. The summed E-state index contributed by atoms with van der Waals surface area (Å²) in [6, 6.07) is 6.33. The Bertz CT molecular complexity index is 903.